The van der Waals surface area contributed by atoms with Crippen LogP contribution in [0.1, 0.15) is 20.8 Å². The van der Waals surface area contributed by atoms with E-state index in [1.165, 1.54) is 7.11 Å². The molecule has 5 heteroatoms. The fourth-order valence-corrected chi connectivity index (χ4v) is 1.24. The first-order valence-electron chi connectivity index (χ1n) is 5.67. The molecule has 0 amide bonds. The molecule has 5 nitrogen and oxygen atoms in total. The van der Waals surface area contributed by atoms with Gasteiger partial charge in [-0.2, -0.15) is 0 Å². The van der Waals surface area contributed by atoms with Crippen LogP contribution in [0.2, 0.25) is 0 Å². The highest BCUT2D eigenvalue weighted by Gasteiger charge is 2.14. The molecule has 16 heavy (non-hydrogen) atoms. The van der Waals surface area contributed by atoms with Gasteiger partial charge in [0, 0.05) is 26.3 Å². The average molecular weight is 233 g/mol. The first-order valence-corrected chi connectivity index (χ1v) is 5.67. The molecule has 0 aromatic rings. The van der Waals surface area contributed by atoms with E-state index in [1.807, 2.05) is 20.8 Å². The zero-order valence-electron chi connectivity index (χ0n) is 10.6. The van der Waals surface area contributed by atoms with Gasteiger partial charge >= 0.3 is 5.97 Å². The third-order valence-electron chi connectivity index (χ3n) is 2.07. The van der Waals surface area contributed by atoms with E-state index in [1.54, 1.807) is 0 Å². The fourth-order valence-electron chi connectivity index (χ4n) is 1.24. The van der Waals surface area contributed by atoms with Gasteiger partial charge in [0.05, 0.1) is 13.0 Å². The van der Waals surface area contributed by atoms with E-state index in [0.29, 0.717) is 26.3 Å². The van der Waals surface area contributed by atoms with Crippen LogP contribution in [0.5, 0.6) is 0 Å². The second-order valence-electron chi connectivity index (χ2n) is 3.42. The minimum absolute atomic E-state index is 0.158. The summed E-state index contributed by atoms with van der Waals surface area (Å²) in [6.45, 7) is 8.01. The molecule has 1 unspecified atom stereocenters. The first-order chi connectivity index (χ1) is 7.65. The topological polar surface area (TPSA) is 56.8 Å². The highest BCUT2D eigenvalue weighted by atomic mass is 16.7. The van der Waals surface area contributed by atoms with E-state index >= 15 is 0 Å². The van der Waals surface area contributed by atoms with Crippen molar-refractivity contribution in [3.63, 3.8) is 0 Å². The lowest BCUT2D eigenvalue weighted by Crippen LogP contribution is -2.35. The van der Waals surface area contributed by atoms with E-state index < -0.39 is 0 Å². The third kappa shape index (κ3) is 6.76. The second-order valence-corrected chi connectivity index (χ2v) is 3.42. The van der Waals surface area contributed by atoms with Crippen LogP contribution in [0.3, 0.4) is 0 Å². The Morgan fingerprint density at radius 3 is 2.19 bits per heavy atom. The summed E-state index contributed by atoms with van der Waals surface area (Å²) >= 11 is 0. The normalized spacial score (nSPS) is 12.8. The number of rotatable bonds is 9. The first kappa shape index (κ1) is 15.3. The van der Waals surface area contributed by atoms with Crippen molar-refractivity contribution in [3.8, 4) is 0 Å². The van der Waals surface area contributed by atoms with Gasteiger partial charge in [-0.3, -0.25) is 4.79 Å². The smallest absolute Gasteiger partial charge is 0.309 e. The molecule has 0 saturated heterocycles. The molecule has 0 bridgehead atoms. The Morgan fingerprint density at radius 2 is 1.75 bits per heavy atom. The van der Waals surface area contributed by atoms with E-state index in [9.17, 15) is 4.79 Å². The molecule has 0 aromatic carbocycles. The predicted octanol–water partition coefficient (Wildman–Crippen LogP) is 0.784. The van der Waals surface area contributed by atoms with Crippen molar-refractivity contribution in [1.29, 1.82) is 0 Å². The quantitative estimate of drug-likeness (QED) is 0.471. The molecule has 0 aliphatic carbocycles. The van der Waals surface area contributed by atoms with Crippen molar-refractivity contribution in [3.05, 3.63) is 0 Å². The fraction of sp³-hybridized carbons (Fsp3) is 0.909. The van der Waals surface area contributed by atoms with Crippen molar-refractivity contribution in [2.75, 3.05) is 33.4 Å². The molecule has 0 radical (unpaired) electrons. The van der Waals surface area contributed by atoms with E-state index in [2.05, 4.69) is 10.1 Å². The largest absolute Gasteiger partial charge is 0.469 e. The number of nitrogens with one attached hydrogen (secondary N) is 1. The van der Waals surface area contributed by atoms with Crippen LogP contribution in [0.4, 0.5) is 0 Å². The molecular formula is C11H23NO4. The Bertz CT molecular complexity index is 181. The van der Waals surface area contributed by atoms with Crippen LogP contribution < -0.4 is 5.32 Å². The summed E-state index contributed by atoms with van der Waals surface area (Å²) in [7, 11) is 1.39. The van der Waals surface area contributed by atoms with Gasteiger partial charge in [-0.05, 0) is 13.8 Å². The predicted molar refractivity (Wildman–Crippen MR) is 61.1 cm³/mol. The number of esters is 1. The Morgan fingerprint density at radius 1 is 1.19 bits per heavy atom. The standard InChI is InChI=1S/C11H23NO4/c1-5-15-10(16-6-2)8-12-7-9(3)11(13)14-4/h9-10,12H,5-8H2,1-4H3. The van der Waals surface area contributed by atoms with Gasteiger partial charge in [0.2, 0.25) is 0 Å². The molecule has 0 spiro atoms. The van der Waals surface area contributed by atoms with Gasteiger partial charge < -0.3 is 19.5 Å². The van der Waals surface area contributed by atoms with Gasteiger partial charge in [0.1, 0.15) is 0 Å². The molecule has 0 heterocycles. The number of carbonyl (C=O) groups excluding carboxylic acids is 1. The third-order valence-corrected chi connectivity index (χ3v) is 2.07. The molecule has 0 rings (SSSR count). The summed E-state index contributed by atoms with van der Waals surface area (Å²) in [6, 6.07) is 0. The van der Waals surface area contributed by atoms with Gasteiger partial charge in [-0.25, -0.2) is 0 Å². The van der Waals surface area contributed by atoms with Crippen LogP contribution in [0.25, 0.3) is 0 Å². The molecule has 0 fully saturated rings. The van der Waals surface area contributed by atoms with Crippen molar-refractivity contribution in [2.45, 2.75) is 27.1 Å². The number of methoxy groups -OCH3 is 1. The zero-order chi connectivity index (χ0) is 12.4. The summed E-state index contributed by atoms with van der Waals surface area (Å²) in [6.07, 6.45) is -0.250. The Labute approximate surface area is 97.4 Å². The van der Waals surface area contributed by atoms with Crippen molar-refractivity contribution >= 4 is 5.97 Å². The summed E-state index contributed by atoms with van der Waals surface area (Å²) in [5, 5.41) is 3.12. The molecule has 1 N–H and O–H groups in total. The van der Waals surface area contributed by atoms with Crippen LogP contribution in [-0.4, -0.2) is 45.7 Å². The highest BCUT2D eigenvalue weighted by molar-refractivity contribution is 5.71. The Balaban J connectivity index is 3.71. The summed E-state index contributed by atoms with van der Waals surface area (Å²) < 4.78 is 15.3. The van der Waals surface area contributed by atoms with E-state index in [-0.39, 0.29) is 18.2 Å². The maximum atomic E-state index is 11.1. The number of hydrogen-bond donors (Lipinski definition) is 1. The van der Waals surface area contributed by atoms with E-state index in [4.69, 9.17) is 9.47 Å². The maximum Gasteiger partial charge on any atom is 0.309 e. The van der Waals surface area contributed by atoms with Crippen LogP contribution in [0, 0.1) is 5.92 Å². The van der Waals surface area contributed by atoms with Crippen LogP contribution >= 0.6 is 0 Å². The molecule has 0 aromatic heterocycles. The Hall–Kier alpha value is -0.650. The zero-order valence-corrected chi connectivity index (χ0v) is 10.6. The van der Waals surface area contributed by atoms with Crippen molar-refractivity contribution in [1.82, 2.24) is 5.32 Å². The molecular weight excluding hydrogens is 210 g/mol. The van der Waals surface area contributed by atoms with Crippen molar-refractivity contribution < 1.29 is 19.0 Å². The molecule has 0 aliphatic rings. The van der Waals surface area contributed by atoms with Gasteiger partial charge in [-0.15, -0.1) is 0 Å². The molecule has 96 valence electrons. The number of ether oxygens (including phenoxy) is 3. The Kier molecular flexibility index (Phi) is 9.18. The van der Waals surface area contributed by atoms with Gasteiger partial charge in [-0.1, -0.05) is 6.92 Å². The lowest BCUT2D eigenvalue weighted by Gasteiger charge is -2.18. The SMILES string of the molecule is CCOC(CNCC(C)C(=O)OC)OCC. The molecule has 1 atom stereocenters. The summed E-state index contributed by atoms with van der Waals surface area (Å²) in [5.41, 5.74) is 0. The lowest BCUT2D eigenvalue weighted by molar-refractivity contribution is -0.145. The van der Waals surface area contributed by atoms with E-state index in [0.717, 1.165) is 0 Å². The van der Waals surface area contributed by atoms with Gasteiger partial charge in [0.15, 0.2) is 6.29 Å². The minimum Gasteiger partial charge on any atom is -0.469 e. The number of carbonyl (C=O) groups is 1. The van der Waals surface area contributed by atoms with Crippen LogP contribution in [0.15, 0.2) is 0 Å². The highest BCUT2D eigenvalue weighted by Crippen LogP contribution is 1.97. The molecule has 0 aliphatic heterocycles. The molecule has 0 saturated carbocycles. The summed E-state index contributed by atoms with van der Waals surface area (Å²) in [4.78, 5) is 11.1. The monoisotopic (exact) mass is 233 g/mol. The average Bonchev–Trinajstić information content (AvgIpc) is 2.28. The summed E-state index contributed by atoms with van der Waals surface area (Å²) in [5.74, 6) is -0.370. The van der Waals surface area contributed by atoms with Crippen LogP contribution in [-0.2, 0) is 19.0 Å². The van der Waals surface area contributed by atoms with Gasteiger partial charge in [0.25, 0.3) is 0 Å². The maximum absolute atomic E-state index is 11.1. The lowest BCUT2D eigenvalue weighted by atomic mass is 10.2. The van der Waals surface area contributed by atoms with Crippen molar-refractivity contribution in [2.24, 2.45) is 5.92 Å². The second kappa shape index (κ2) is 9.57. The number of hydrogen-bond acceptors (Lipinski definition) is 5. The minimum atomic E-state index is -0.250.